The van der Waals surface area contributed by atoms with Crippen molar-refractivity contribution in [2.24, 2.45) is 11.8 Å². The van der Waals surface area contributed by atoms with Crippen molar-refractivity contribution >= 4 is 21.8 Å². The van der Waals surface area contributed by atoms with Gasteiger partial charge in [0, 0.05) is 32.1 Å². The molecule has 0 spiro atoms. The summed E-state index contributed by atoms with van der Waals surface area (Å²) < 4.78 is 28.6. The standard InChI is InChI=1S/C13H25ClN2O2S/c1-12-3-2-7-15(8-4-12)19(17,18)16-9-5-13(11-14)6-10-16/h12-13H,2-11H2,1H3. The molecule has 2 heterocycles. The minimum absolute atomic E-state index is 0.484. The number of rotatable bonds is 3. The third-order valence-corrected chi connectivity index (χ3v) is 6.89. The van der Waals surface area contributed by atoms with Crippen molar-refractivity contribution in [2.75, 3.05) is 32.1 Å². The molecule has 0 saturated carbocycles. The quantitative estimate of drug-likeness (QED) is 0.751. The first-order valence-corrected chi connectivity index (χ1v) is 9.28. The maximum atomic E-state index is 12.6. The molecule has 0 amide bonds. The Morgan fingerprint density at radius 3 is 2.21 bits per heavy atom. The average Bonchev–Trinajstić information content (AvgIpc) is 2.64. The second-order valence-electron chi connectivity index (χ2n) is 5.94. The molecule has 2 fully saturated rings. The molecule has 0 aromatic rings. The van der Waals surface area contributed by atoms with Crippen molar-refractivity contribution in [1.82, 2.24) is 8.61 Å². The second-order valence-corrected chi connectivity index (χ2v) is 8.18. The van der Waals surface area contributed by atoms with Crippen molar-refractivity contribution in [3.8, 4) is 0 Å². The van der Waals surface area contributed by atoms with Gasteiger partial charge in [-0.1, -0.05) is 6.92 Å². The van der Waals surface area contributed by atoms with E-state index in [1.807, 2.05) is 0 Å². The zero-order chi connectivity index (χ0) is 13.9. The monoisotopic (exact) mass is 308 g/mol. The fraction of sp³-hybridized carbons (Fsp3) is 1.00. The van der Waals surface area contributed by atoms with Gasteiger partial charge >= 0.3 is 0 Å². The van der Waals surface area contributed by atoms with Crippen LogP contribution < -0.4 is 0 Å². The van der Waals surface area contributed by atoms with Crippen LogP contribution in [0, 0.1) is 11.8 Å². The Morgan fingerprint density at radius 2 is 1.58 bits per heavy atom. The van der Waals surface area contributed by atoms with Gasteiger partial charge in [-0.15, -0.1) is 11.6 Å². The summed E-state index contributed by atoms with van der Waals surface area (Å²) in [7, 11) is -3.24. The van der Waals surface area contributed by atoms with E-state index in [1.54, 1.807) is 8.61 Å². The summed E-state index contributed by atoms with van der Waals surface area (Å²) in [5.41, 5.74) is 0. The fourth-order valence-corrected chi connectivity index (χ4v) is 4.93. The summed E-state index contributed by atoms with van der Waals surface area (Å²) in [6.07, 6.45) is 4.90. The predicted octanol–water partition coefficient (Wildman–Crippen LogP) is 2.30. The molecular formula is C13H25ClN2O2S. The molecule has 0 aromatic heterocycles. The van der Waals surface area contributed by atoms with Gasteiger partial charge in [0.2, 0.25) is 0 Å². The van der Waals surface area contributed by atoms with Crippen molar-refractivity contribution in [3.63, 3.8) is 0 Å². The average molecular weight is 309 g/mol. The smallest absolute Gasteiger partial charge is 0.195 e. The van der Waals surface area contributed by atoms with Crippen LogP contribution in [-0.4, -0.2) is 49.1 Å². The molecule has 0 aromatic carbocycles. The van der Waals surface area contributed by atoms with Gasteiger partial charge in [-0.05, 0) is 43.9 Å². The molecule has 0 aliphatic carbocycles. The Bertz CT molecular complexity index is 380. The first-order chi connectivity index (χ1) is 9.04. The SMILES string of the molecule is CC1CCCN(S(=O)(=O)N2CCC(CCl)CC2)CC1. The van der Waals surface area contributed by atoms with Gasteiger partial charge in [-0.2, -0.15) is 17.0 Å². The van der Waals surface area contributed by atoms with Crippen LogP contribution in [0.3, 0.4) is 0 Å². The van der Waals surface area contributed by atoms with Crippen LogP contribution in [-0.2, 0) is 10.2 Å². The highest BCUT2D eigenvalue weighted by atomic mass is 35.5. The van der Waals surface area contributed by atoms with Gasteiger partial charge in [0.15, 0.2) is 0 Å². The van der Waals surface area contributed by atoms with E-state index < -0.39 is 10.2 Å². The molecule has 2 rings (SSSR count). The topological polar surface area (TPSA) is 40.6 Å². The minimum Gasteiger partial charge on any atom is -0.195 e. The molecule has 0 N–H and O–H groups in total. The lowest BCUT2D eigenvalue weighted by molar-refractivity contribution is 0.266. The molecule has 0 radical (unpaired) electrons. The molecule has 2 saturated heterocycles. The lowest BCUT2D eigenvalue weighted by Crippen LogP contribution is -2.47. The van der Waals surface area contributed by atoms with Crippen molar-refractivity contribution < 1.29 is 8.42 Å². The Kier molecular flexibility index (Phi) is 5.52. The summed E-state index contributed by atoms with van der Waals surface area (Å²) in [4.78, 5) is 0. The van der Waals surface area contributed by atoms with Crippen LogP contribution in [0.15, 0.2) is 0 Å². The first-order valence-electron chi connectivity index (χ1n) is 7.35. The summed E-state index contributed by atoms with van der Waals surface area (Å²) in [6.45, 7) is 4.83. The summed E-state index contributed by atoms with van der Waals surface area (Å²) >= 11 is 5.85. The highest BCUT2D eigenvalue weighted by Crippen LogP contribution is 2.25. The molecule has 2 aliphatic rings. The molecule has 19 heavy (non-hydrogen) atoms. The highest BCUT2D eigenvalue weighted by Gasteiger charge is 2.33. The van der Waals surface area contributed by atoms with E-state index in [0.717, 1.165) is 32.1 Å². The van der Waals surface area contributed by atoms with Crippen LogP contribution >= 0.6 is 11.6 Å². The zero-order valence-corrected chi connectivity index (χ0v) is 13.3. The number of hydrogen-bond acceptors (Lipinski definition) is 2. The molecule has 6 heteroatoms. The van der Waals surface area contributed by atoms with Gasteiger partial charge in [0.25, 0.3) is 10.2 Å². The molecule has 4 nitrogen and oxygen atoms in total. The number of piperidine rings is 1. The summed E-state index contributed by atoms with van der Waals surface area (Å²) in [6, 6.07) is 0. The van der Waals surface area contributed by atoms with Crippen LogP contribution in [0.4, 0.5) is 0 Å². The predicted molar refractivity (Wildman–Crippen MR) is 78.5 cm³/mol. The van der Waals surface area contributed by atoms with Gasteiger partial charge in [-0.3, -0.25) is 0 Å². The van der Waals surface area contributed by atoms with Crippen molar-refractivity contribution in [1.29, 1.82) is 0 Å². The summed E-state index contributed by atoms with van der Waals surface area (Å²) in [5.74, 6) is 1.77. The maximum Gasteiger partial charge on any atom is 0.281 e. The van der Waals surface area contributed by atoms with Crippen molar-refractivity contribution in [3.05, 3.63) is 0 Å². The molecule has 1 atom stereocenters. The van der Waals surface area contributed by atoms with Gasteiger partial charge in [0.05, 0.1) is 0 Å². The van der Waals surface area contributed by atoms with E-state index in [1.165, 1.54) is 0 Å². The normalized spacial score (nSPS) is 29.3. The van der Waals surface area contributed by atoms with E-state index in [9.17, 15) is 8.42 Å². The third kappa shape index (κ3) is 3.84. The van der Waals surface area contributed by atoms with E-state index in [2.05, 4.69) is 6.92 Å². The molecular weight excluding hydrogens is 284 g/mol. The van der Waals surface area contributed by atoms with Crippen LogP contribution in [0.1, 0.15) is 39.0 Å². The Morgan fingerprint density at radius 1 is 1.00 bits per heavy atom. The lowest BCUT2D eigenvalue weighted by atomic mass is 10.0. The Labute approximate surface area is 122 Å². The van der Waals surface area contributed by atoms with E-state index in [0.29, 0.717) is 43.9 Å². The third-order valence-electron chi connectivity index (χ3n) is 4.42. The highest BCUT2D eigenvalue weighted by molar-refractivity contribution is 7.86. The number of halogens is 1. The molecule has 112 valence electrons. The van der Waals surface area contributed by atoms with Gasteiger partial charge in [-0.25, -0.2) is 0 Å². The number of hydrogen-bond donors (Lipinski definition) is 0. The van der Waals surface area contributed by atoms with Gasteiger partial charge < -0.3 is 0 Å². The largest absolute Gasteiger partial charge is 0.281 e. The summed E-state index contributed by atoms with van der Waals surface area (Å²) in [5, 5.41) is 0. The first kappa shape index (κ1) is 15.5. The second kappa shape index (κ2) is 6.74. The van der Waals surface area contributed by atoms with E-state index >= 15 is 0 Å². The Hall–Kier alpha value is 0.160. The number of nitrogens with zero attached hydrogens (tertiary/aromatic N) is 2. The molecule has 1 unspecified atom stereocenters. The van der Waals surface area contributed by atoms with E-state index in [-0.39, 0.29) is 0 Å². The Balaban J connectivity index is 1.97. The van der Waals surface area contributed by atoms with Gasteiger partial charge in [0.1, 0.15) is 0 Å². The minimum atomic E-state index is -3.24. The maximum absolute atomic E-state index is 12.6. The zero-order valence-electron chi connectivity index (χ0n) is 11.7. The fourth-order valence-electron chi connectivity index (χ4n) is 2.92. The van der Waals surface area contributed by atoms with E-state index in [4.69, 9.17) is 11.6 Å². The van der Waals surface area contributed by atoms with Crippen LogP contribution in [0.2, 0.25) is 0 Å². The molecule has 2 aliphatic heterocycles. The van der Waals surface area contributed by atoms with Crippen LogP contribution in [0.5, 0.6) is 0 Å². The lowest BCUT2D eigenvalue weighted by Gasteiger charge is -2.34. The van der Waals surface area contributed by atoms with Crippen molar-refractivity contribution in [2.45, 2.75) is 39.0 Å². The van der Waals surface area contributed by atoms with Crippen LogP contribution in [0.25, 0.3) is 0 Å². The molecule has 0 bridgehead atoms. The number of alkyl halides is 1.